The molecule has 2 aromatic rings. The maximum atomic E-state index is 13.2. The van der Waals surface area contributed by atoms with Crippen LogP contribution in [0.3, 0.4) is 0 Å². The van der Waals surface area contributed by atoms with Crippen molar-refractivity contribution in [1.29, 1.82) is 0 Å². The summed E-state index contributed by atoms with van der Waals surface area (Å²) in [5.74, 6) is -3.27. The normalized spacial score (nSPS) is 11.3. The van der Waals surface area contributed by atoms with Gasteiger partial charge in [-0.2, -0.15) is 0 Å². The number of amides is 1. The first-order valence-corrected chi connectivity index (χ1v) is 8.05. The number of hydrogen-bond donors (Lipinski definition) is 1. The second-order valence-corrected chi connectivity index (χ2v) is 5.57. The molecule has 0 aliphatic heterocycles. The van der Waals surface area contributed by atoms with Gasteiger partial charge in [0, 0.05) is 17.3 Å². The second kappa shape index (κ2) is 9.45. The van der Waals surface area contributed by atoms with Gasteiger partial charge in [-0.1, -0.05) is 0 Å². The van der Waals surface area contributed by atoms with Crippen molar-refractivity contribution in [3.8, 4) is 11.5 Å². The molecule has 0 heterocycles. The summed E-state index contributed by atoms with van der Waals surface area (Å²) >= 11 is 0. The van der Waals surface area contributed by atoms with Crippen LogP contribution in [0.5, 0.6) is 11.5 Å². The lowest BCUT2D eigenvalue weighted by atomic mass is 10.2. The number of halogens is 2. The van der Waals surface area contributed by atoms with E-state index in [1.54, 1.807) is 0 Å². The molecule has 9 heteroatoms. The Morgan fingerprint density at radius 1 is 1.11 bits per heavy atom. The van der Waals surface area contributed by atoms with E-state index in [1.807, 2.05) is 0 Å². The van der Waals surface area contributed by atoms with Crippen molar-refractivity contribution in [2.75, 3.05) is 19.0 Å². The van der Waals surface area contributed by atoms with Crippen molar-refractivity contribution in [3.63, 3.8) is 0 Å². The molecule has 1 N–H and O–H groups in total. The highest BCUT2D eigenvalue weighted by Gasteiger charge is 2.19. The van der Waals surface area contributed by atoms with E-state index in [0.717, 1.165) is 12.1 Å². The largest absolute Gasteiger partial charge is 0.493 e. The van der Waals surface area contributed by atoms with Crippen molar-refractivity contribution in [1.82, 2.24) is 0 Å². The minimum atomic E-state index is -1.21. The van der Waals surface area contributed by atoms with Crippen LogP contribution in [0.1, 0.15) is 17.3 Å². The van der Waals surface area contributed by atoms with Crippen LogP contribution in [-0.2, 0) is 14.3 Å². The lowest BCUT2D eigenvalue weighted by molar-refractivity contribution is -0.155. The molecule has 7 nitrogen and oxygen atoms in total. The van der Waals surface area contributed by atoms with Gasteiger partial charge in [0.2, 0.25) is 0 Å². The molecule has 0 bridgehead atoms. The molecule has 0 aliphatic rings. The zero-order valence-electron chi connectivity index (χ0n) is 15.0. The molecule has 0 fully saturated rings. The minimum absolute atomic E-state index is 0.0167. The number of rotatable bonds is 8. The zero-order valence-corrected chi connectivity index (χ0v) is 15.0. The highest BCUT2D eigenvalue weighted by Crippen LogP contribution is 2.27. The highest BCUT2D eigenvalue weighted by atomic mass is 19.2. The van der Waals surface area contributed by atoms with Crippen molar-refractivity contribution in [2.24, 2.45) is 0 Å². The molecule has 0 aliphatic carbocycles. The monoisotopic (exact) mass is 393 g/mol. The number of aldehydes is 1. The first-order valence-electron chi connectivity index (χ1n) is 8.05. The SMILES string of the molecule is COc1cc(C=O)ccc1OCC(=O)O[C@@H](C)C(=O)Nc1ccc(F)c(F)c1. The molecule has 2 rings (SSSR count). The van der Waals surface area contributed by atoms with E-state index in [1.165, 1.54) is 38.3 Å². The summed E-state index contributed by atoms with van der Waals surface area (Å²) < 4.78 is 41.3. The first-order chi connectivity index (χ1) is 13.3. The Bertz CT molecular complexity index is 887. The van der Waals surface area contributed by atoms with Gasteiger partial charge in [-0.3, -0.25) is 9.59 Å². The number of ether oxygens (including phenoxy) is 3. The molecule has 0 saturated carbocycles. The Morgan fingerprint density at radius 3 is 2.50 bits per heavy atom. The van der Waals surface area contributed by atoms with Gasteiger partial charge in [-0.25, -0.2) is 13.6 Å². The van der Waals surface area contributed by atoms with Crippen LogP contribution in [0.2, 0.25) is 0 Å². The molecule has 0 aromatic heterocycles. The van der Waals surface area contributed by atoms with Gasteiger partial charge in [0.05, 0.1) is 7.11 Å². The van der Waals surface area contributed by atoms with Gasteiger partial charge < -0.3 is 19.5 Å². The fourth-order valence-electron chi connectivity index (χ4n) is 2.12. The number of anilines is 1. The number of esters is 1. The summed E-state index contributed by atoms with van der Waals surface area (Å²) in [6, 6.07) is 7.21. The Labute approximate surface area is 159 Å². The average Bonchev–Trinajstić information content (AvgIpc) is 2.68. The Balaban J connectivity index is 1.89. The molecule has 0 unspecified atom stereocenters. The zero-order chi connectivity index (χ0) is 20.7. The molecular formula is C19H17F2NO6. The third kappa shape index (κ3) is 5.50. The van der Waals surface area contributed by atoms with Gasteiger partial charge in [-0.15, -0.1) is 0 Å². The fourth-order valence-corrected chi connectivity index (χ4v) is 2.12. The summed E-state index contributed by atoms with van der Waals surface area (Å²) in [5.41, 5.74) is 0.386. The molecule has 1 atom stereocenters. The molecule has 28 heavy (non-hydrogen) atoms. The van der Waals surface area contributed by atoms with E-state index < -0.39 is 36.2 Å². The van der Waals surface area contributed by atoms with E-state index in [-0.39, 0.29) is 17.2 Å². The topological polar surface area (TPSA) is 90.9 Å². The predicted molar refractivity (Wildman–Crippen MR) is 94.4 cm³/mol. The van der Waals surface area contributed by atoms with Gasteiger partial charge in [0.15, 0.2) is 35.8 Å². The van der Waals surface area contributed by atoms with Crippen molar-refractivity contribution in [3.05, 3.63) is 53.6 Å². The van der Waals surface area contributed by atoms with Crippen LogP contribution in [-0.4, -0.2) is 38.0 Å². The Morgan fingerprint density at radius 2 is 1.86 bits per heavy atom. The highest BCUT2D eigenvalue weighted by molar-refractivity contribution is 5.95. The van der Waals surface area contributed by atoms with Gasteiger partial charge in [0.25, 0.3) is 5.91 Å². The van der Waals surface area contributed by atoms with Gasteiger partial charge >= 0.3 is 5.97 Å². The summed E-state index contributed by atoms with van der Waals surface area (Å²) in [4.78, 5) is 34.6. The number of hydrogen-bond acceptors (Lipinski definition) is 6. The lowest BCUT2D eigenvalue weighted by Crippen LogP contribution is -2.31. The minimum Gasteiger partial charge on any atom is -0.493 e. The van der Waals surface area contributed by atoms with Crippen molar-refractivity contribution in [2.45, 2.75) is 13.0 Å². The lowest BCUT2D eigenvalue weighted by Gasteiger charge is -2.15. The van der Waals surface area contributed by atoms with E-state index in [0.29, 0.717) is 11.8 Å². The maximum absolute atomic E-state index is 13.2. The van der Waals surface area contributed by atoms with E-state index in [4.69, 9.17) is 14.2 Å². The van der Waals surface area contributed by atoms with Crippen LogP contribution in [0.25, 0.3) is 0 Å². The van der Waals surface area contributed by atoms with E-state index in [9.17, 15) is 23.2 Å². The summed E-state index contributed by atoms with van der Waals surface area (Å²) in [5, 5.41) is 2.30. The molecule has 1 amide bonds. The number of methoxy groups -OCH3 is 1. The average molecular weight is 393 g/mol. The third-order valence-electron chi connectivity index (χ3n) is 3.53. The Hall–Kier alpha value is -3.49. The van der Waals surface area contributed by atoms with Crippen molar-refractivity contribution >= 4 is 23.9 Å². The summed E-state index contributed by atoms with van der Waals surface area (Å²) in [6.07, 6.45) is -0.572. The van der Waals surface area contributed by atoms with Gasteiger partial charge in [0.1, 0.15) is 6.29 Å². The molecule has 2 aromatic carbocycles. The third-order valence-corrected chi connectivity index (χ3v) is 3.53. The van der Waals surface area contributed by atoms with Crippen LogP contribution in [0.4, 0.5) is 14.5 Å². The quantitative estimate of drug-likeness (QED) is 0.548. The van der Waals surface area contributed by atoms with Crippen LogP contribution in [0.15, 0.2) is 36.4 Å². The van der Waals surface area contributed by atoms with Gasteiger partial charge in [-0.05, 0) is 37.3 Å². The predicted octanol–water partition coefficient (Wildman–Crippen LogP) is 2.74. The Kier molecular flexibility index (Phi) is 7.02. The maximum Gasteiger partial charge on any atom is 0.344 e. The molecular weight excluding hydrogens is 376 g/mol. The number of nitrogens with one attached hydrogen (secondary N) is 1. The standard InChI is InChI=1S/C19H17F2NO6/c1-11(19(25)22-13-4-5-14(20)15(21)8-13)28-18(24)10-27-16-6-3-12(9-23)7-17(16)26-2/h3-9,11H,10H2,1-2H3,(H,22,25)/t11-/m0/s1. The molecule has 0 spiro atoms. The summed E-state index contributed by atoms with van der Waals surface area (Å²) in [6.45, 7) is 0.798. The van der Waals surface area contributed by atoms with Crippen LogP contribution >= 0.6 is 0 Å². The van der Waals surface area contributed by atoms with Crippen LogP contribution < -0.4 is 14.8 Å². The first kappa shape index (κ1) is 20.8. The number of carbonyl (C=O) groups is 3. The van der Waals surface area contributed by atoms with E-state index >= 15 is 0 Å². The van der Waals surface area contributed by atoms with Crippen molar-refractivity contribution < 1.29 is 37.4 Å². The number of benzene rings is 2. The van der Waals surface area contributed by atoms with E-state index in [2.05, 4.69) is 5.32 Å². The summed E-state index contributed by atoms with van der Waals surface area (Å²) in [7, 11) is 1.37. The second-order valence-electron chi connectivity index (χ2n) is 5.57. The molecule has 148 valence electrons. The fraction of sp³-hybridized carbons (Fsp3) is 0.211. The number of carbonyl (C=O) groups excluding carboxylic acids is 3. The molecule has 0 radical (unpaired) electrons. The molecule has 0 saturated heterocycles. The smallest absolute Gasteiger partial charge is 0.344 e. The van der Waals surface area contributed by atoms with Crippen LogP contribution in [0, 0.1) is 11.6 Å².